The van der Waals surface area contributed by atoms with Gasteiger partial charge in [-0.05, 0) is 62.2 Å². The maximum absolute atomic E-state index is 14.1. The standard InChI is InChI=1S/C30H32F2N4O7/c1-35(2)19-10-18(34-11-12-5-14(31)9-15(32)6-12)24(37)21-16(19)7-13-8-17-23(36(3)4)26(39)22(29(33)42)28(41)30(17,43)27(40)20(13)25(21)38/h5-6,9-10,13,17,20,22-23,34,37,43H,7-8,11H2,1-4H3,(H2,33,42)/t13-,17-,20?,22?,23-,30-/m1/s1. The number of primary amides is 1. The molecule has 0 bridgehead atoms. The fourth-order valence-corrected chi connectivity index (χ4v) is 7.10. The van der Waals surface area contributed by atoms with Crippen molar-refractivity contribution in [1.82, 2.24) is 4.90 Å². The zero-order valence-electron chi connectivity index (χ0n) is 24.0. The number of hydrogen-bond donors (Lipinski definition) is 4. The Kier molecular flexibility index (Phi) is 7.38. The van der Waals surface area contributed by atoms with Crippen molar-refractivity contribution in [2.24, 2.45) is 29.4 Å². The van der Waals surface area contributed by atoms with Gasteiger partial charge in [-0.1, -0.05) is 0 Å². The Morgan fingerprint density at radius 2 is 1.67 bits per heavy atom. The van der Waals surface area contributed by atoms with Gasteiger partial charge in [-0.25, -0.2) is 8.78 Å². The summed E-state index contributed by atoms with van der Waals surface area (Å²) in [5.41, 5.74) is 3.58. The van der Waals surface area contributed by atoms with E-state index in [1.54, 1.807) is 25.1 Å². The largest absolute Gasteiger partial charge is 0.505 e. The minimum absolute atomic E-state index is 0.0552. The third-order valence-corrected chi connectivity index (χ3v) is 8.92. The molecule has 0 aromatic heterocycles. The number of anilines is 2. The van der Waals surface area contributed by atoms with Crippen LogP contribution in [-0.2, 0) is 32.1 Å². The first-order valence-electron chi connectivity index (χ1n) is 13.7. The summed E-state index contributed by atoms with van der Waals surface area (Å²) >= 11 is 0. The molecule has 3 aliphatic rings. The van der Waals surface area contributed by atoms with E-state index in [0.29, 0.717) is 11.3 Å². The molecule has 11 nitrogen and oxygen atoms in total. The smallest absolute Gasteiger partial charge is 0.235 e. The molecule has 2 aromatic carbocycles. The van der Waals surface area contributed by atoms with E-state index in [1.165, 1.54) is 19.0 Å². The molecule has 2 unspecified atom stereocenters. The number of hydrogen-bond acceptors (Lipinski definition) is 10. The highest BCUT2D eigenvalue weighted by molar-refractivity contribution is 6.32. The number of likely N-dealkylation sites (N-methyl/N-ethyl adjacent to an activating group) is 1. The zero-order chi connectivity index (χ0) is 31.7. The molecule has 13 heteroatoms. The number of nitrogens with one attached hydrogen (secondary N) is 1. The Hall–Kier alpha value is -4.23. The normalized spacial score (nSPS) is 28.3. The molecule has 0 saturated heterocycles. The third-order valence-electron chi connectivity index (χ3n) is 8.92. The molecule has 2 aromatic rings. The summed E-state index contributed by atoms with van der Waals surface area (Å²) in [5, 5.41) is 25.9. The van der Waals surface area contributed by atoms with Gasteiger partial charge in [0.2, 0.25) is 5.91 Å². The number of phenolic OH excluding ortho intramolecular Hbond substituents is 1. The van der Waals surface area contributed by atoms with Gasteiger partial charge in [0.1, 0.15) is 17.4 Å². The molecule has 2 saturated carbocycles. The molecule has 2 fully saturated rings. The molecule has 228 valence electrons. The fraction of sp³-hybridized carbons (Fsp3) is 0.433. The molecular formula is C30H32F2N4O7. The number of benzene rings is 2. The number of aromatic hydroxyl groups is 1. The second-order valence-electron chi connectivity index (χ2n) is 12.0. The maximum Gasteiger partial charge on any atom is 0.235 e. The lowest BCUT2D eigenvalue weighted by atomic mass is 9.52. The fourth-order valence-electron chi connectivity index (χ4n) is 7.10. The predicted molar refractivity (Wildman–Crippen MR) is 149 cm³/mol. The maximum atomic E-state index is 14.1. The Morgan fingerprint density at radius 3 is 2.23 bits per heavy atom. The summed E-state index contributed by atoms with van der Waals surface area (Å²) < 4.78 is 27.4. The average Bonchev–Trinajstić information content (AvgIpc) is 2.89. The van der Waals surface area contributed by atoms with Gasteiger partial charge in [-0.15, -0.1) is 0 Å². The van der Waals surface area contributed by atoms with Gasteiger partial charge in [0, 0.05) is 38.3 Å². The van der Waals surface area contributed by atoms with E-state index < -0.39 is 81.7 Å². The molecule has 0 spiro atoms. The second-order valence-corrected chi connectivity index (χ2v) is 12.0. The van der Waals surface area contributed by atoms with Crippen LogP contribution in [0.5, 0.6) is 5.75 Å². The molecule has 0 radical (unpaired) electrons. The van der Waals surface area contributed by atoms with Crippen LogP contribution in [0.15, 0.2) is 24.3 Å². The van der Waals surface area contributed by atoms with E-state index in [2.05, 4.69) is 5.32 Å². The monoisotopic (exact) mass is 598 g/mol. The number of nitrogens with zero attached hydrogens (tertiary/aromatic N) is 2. The second kappa shape index (κ2) is 10.5. The first-order valence-corrected chi connectivity index (χ1v) is 13.7. The summed E-state index contributed by atoms with van der Waals surface area (Å²) in [6.07, 6.45) is 0.0327. The van der Waals surface area contributed by atoms with Gasteiger partial charge in [0.25, 0.3) is 0 Å². The number of amides is 1. The van der Waals surface area contributed by atoms with Crippen molar-refractivity contribution in [2.45, 2.75) is 31.0 Å². The van der Waals surface area contributed by atoms with Gasteiger partial charge < -0.3 is 26.2 Å². The van der Waals surface area contributed by atoms with Crippen LogP contribution in [0.2, 0.25) is 0 Å². The highest BCUT2D eigenvalue weighted by Gasteiger charge is 2.69. The van der Waals surface area contributed by atoms with Crippen LogP contribution < -0.4 is 16.0 Å². The number of ketones is 4. The Balaban J connectivity index is 1.59. The van der Waals surface area contributed by atoms with Crippen LogP contribution in [0.1, 0.15) is 27.9 Å². The summed E-state index contributed by atoms with van der Waals surface area (Å²) in [6.45, 7) is -0.114. The van der Waals surface area contributed by atoms with E-state index in [1.807, 2.05) is 0 Å². The predicted octanol–water partition coefficient (Wildman–Crippen LogP) is 0.823. The quantitative estimate of drug-likeness (QED) is 0.276. The number of halogens is 2. The van der Waals surface area contributed by atoms with Crippen molar-refractivity contribution in [2.75, 3.05) is 38.4 Å². The molecule has 5 rings (SSSR count). The molecule has 3 aliphatic carbocycles. The van der Waals surface area contributed by atoms with Crippen LogP contribution in [0.25, 0.3) is 0 Å². The van der Waals surface area contributed by atoms with Crippen molar-refractivity contribution in [1.29, 1.82) is 0 Å². The van der Waals surface area contributed by atoms with E-state index in [-0.39, 0.29) is 36.2 Å². The third kappa shape index (κ3) is 4.58. The Labute approximate surface area is 245 Å². The van der Waals surface area contributed by atoms with Crippen LogP contribution in [-0.4, -0.2) is 84.0 Å². The Bertz CT molecular complexity index is 1570. The topological polar surface area (TPSA) is 170 Å². The molecular weight excluding hydrogens is 566 g/mol. The molecule has 1 amide bonds. The van der Waals surface area contributed by atoms with Crippen LogP contribution >= 0.6 is 0 Å². The van der Waals surface area contributed by atoms with Crippen molar-refractivity contribution >= 4 is 40.4 Å². The van der Waals surface area contributed by atoms with Crippen LogP contribution in [0.4, 0.5) is 20.2 Å². The number of phenols is 1. The lowest BCUT2D eigenvalue weighted by Gasteiger charge is -2.52. The number of fused-ring (bicyclic) bond motifs is 3. The number of Topliss-reactive ketones (excluding diaryl/α,β-unsaturated/α-hetero) is 4. The Morgan fingerprint density at radius 1 is 1.05 bits per heavy atom. The number of rotatable bonds is 6. The summed E-state index contributed by atoms with van der Waals surface area (Å²) in [4.78, 5) is 70.0. The summed E-state index contributed by atoms with van der Waals surface area (Å²) in [6, 6.07) is 3.32. The van der Waals surface area contributed by atoms with Gasteiger partial charge in [-0.2, -0.15) is 0 Å². The average molecular weight is 599 g/mol. The highest BCUT2D eigenvalue weighted by Crippen LogP contribution is 2.52. The van der Waals surface area contributed by atoms with Crippen LogP contribution in [0, 0.1) is 35.3 Å². The van der Waals surface area contributed by atoms with E-state index in [9.17, 15) is 43.0 Å². The van der Waals surface area contributed by atoms with Gasteiger partial charge >= 0.3 is 0 Å². The highest BCUT2D eigenvalue weighted by atomic mass is 19.1. The first kappa shape index (κ1) is 30.2. The molecule has 43 heavy (non-hydrogen) atoms. The van der Waals surface area contributed by atoms with Crippen molar-refractivity contribution in [3.05, 3.63) is 52.6 Å². The number of nitrogens with two attached hydrogens (primary N) is 1. The first-order chi connectivity index (χ1) is 20.1. The lowest BCUT2D eigenvalue weighted by molar-refractivity contribution is -0.181. The lowest BCUT2D eigenvalue weighted by Crippen LogP contribution is -2.74. The molecule has 6 atom stereocenters. The number of carbonyl (C=O) groups excluding carboxylic acids is 5. The molecule has 5 N–H and O–H groups in total. The molecule has 0 aliphatic heterocycles. The van der Waals surface area contributed by atoms with Crippen molar-refractivity contribution < 1.29 is 43.0 Å². The summed E-state index contributed by atoms with van der Waals surface area (Å²) in [5.74, 6) is -13.1. The van der Waals surface area contributed by atoms with E-state index in [4.69, 9.17) is 5.73 Å². The van der Waals surface area contributed by atoms with E-state index >= 15 is 0 Å². The minimum atomic E-state index is -2.83. The van der Waals surface area contributed by atoms with E-state index in [0.717, 1.165) is 18.2 Å². The van der Waals surface area contributed by atoms with Crippen molar-refractivity contribution in [3.63, 3.8) is 0 Å². The van der Waals surface area contributed by atoms with Gasteiger partial charge in [-0.3, -0.25) is 28.9 Å². The summed E-state index contributed by atoms with van der Waals surface area (Å²) in [7, 11) is 6.46. The number of carbonyl (C=O) groups is 5. The SMILES string of the molecule is CN(C)c1cc(NCc2cc(F)cc(F)c2)c(O)c2c1C[C@@H]1C[C@@H]3[C@@H](N(C)C)C(=O)C(C(N)=O)C(=O)[C@]3(O)C(=O)C1C2=O. The van der Waals surface area contributed by atoms with Crippen molar-refractivity contribution in [3.8, 4) is 5.75 Å². The van der Waals surface area contributed by atoms with Gasteiger partial charge in [0.05, 0.1) is 23.2 Å². The van der Waals surface area contributed by atoms with Crippen LogP contribution in [0.3, 0.4) is 0 Å². The van der Waals surface area contributed by atoms with Gasteiger partial charge in [0.15, 0.2) is 34.7 Å². The number of aliphatic hydroxyl groups is 1. The zero-order valence-corrected chi connectivity index (χ0v) is 24.0. The molecule has 0 heterocycles. The minimum Gasteiger partial charge on any atom is -0.505 e.